The number of carbonyl (C=O) groups is 2. The van der Waals surface area contributed by atoms with Crippen molar-refractivity contribution in [3.63, 3.8) is 0 Å². The Morgan fingerprint density at radius 2 is 2.03 bits per heavy atom. The Hall–Kier alpha value is -2.34. The summed E-state index contributed by atoms with van der Waals surface area (Å²) in [6.07, 6.45) is 9.87. The molecule has 5 nitrogen and oxygen atoms in total. The average Bonchev–Trinajstić information content (AvgIpc) is 3.24. The van der Waals surface area contributed by atoms with E-state index in [0.717, 1.165) is 53.0 Å². The number of hydrogen-bond acceptors (Lipinski definition) is 5. The molecule has 5 rings (SSSR count). The highest BCUT2D eigenvalue weighted by atomic mass is 32.1. The maximum Gasteiger partial charge on any atom is 0.305 e. The first-order valence-electron chi connectivity index (χ1n) is 11.9. The standard InChI is InChI=1S/C27H35NO4S/c1-27(2)18-13-17(9-7-5-6-8-10-24(29)32-4)25(22(27)14-18)28-26(30)21-16-33-23-12-11-19(31-3)15-20(21)23/h5,7,11-12,15-18,22,25H,6,8-10,13-14H2,1-4H3,(H,28,30)/b7-5-/t17-,18+,22+,25+/m0/s1. The molecule has 0 saturated heterocycles. The zero-order valence-corrected chi connectivity index (χ0v) is 20.9. The molecule has 6 heteroatoms. The van der Waals surface area contributed by atoms with Gasteiger partial charge in [0.2, 0.25) is 0 Å². The third-order valence-electron chi connectivity index (χ3n) is 7.98. The largest absolute Gasteiger partial charge is 0.497 e. The summed E-state index contributed by atoms with van der Waals surface area (Å²) in [7, 11) is 3.08. The van der Waals surface area contributed by atoms with Crippen molar-refractivity contribution in [3.05, 3.63) is 41.3 Å². The van der Waals surface area contributed by atoms with Gasteiger partial charge in [-0.1, -0.05) is 26.0 Å². The number of methoxy groups -OCH3 is 2. The lowest BCUT2D eigenvalue weighted by Gasteiger charge is -2.62. The second kappa shape index (κ2) is 9.88. The molecule has 0 unspecified atom stereocenters. The van der Waals surface area contributed by atoms with Crippen LogP contribution in [0.4, 0.5) is 0 Å². The van der Waals surface area contributed by atoms with Crippen LogP contribution in [0.5, 0.6) is 5.75 Å². The van der Waals surface area contributed by atoms with Crippen LogP contribution >= 0.6 is 11.3 Å². The Morgan fingerprint density at radius 1 is 1.21 bits per heavy atom. The number of nitrogens with one attached hydrogen (secondary N) is 1. The van der Waals surface area contributed by atoms with E-state index in [1.54, 1.807) is 18.4 Å². The van der Waals surface area contributed by atoms with Crippen LogP contribution in [-0.4, -0.2) is 32.1 Å². The quantitative estimate of drug-likeness (QED) is 0.279. The van der Waals surface area contributed by atoms with E-state index in [-0.39, 0.29) is 23.3 Å². The summed E-state index contributed by atoms with van der Waals surface area (Å²) in [5, 5.41) is 6.37. The van der Waals surface area contributed by atoms with Crippen LogP contribution in [-0.2, 0) is 9.53 Å². The van der Waals surface area contributed by atoms with Gasteiger partial charge < -0.3 is 14.8 Å². The monoisotopic (exact) mass is 469 g/mol. The number of esters is 1. The van der Waals surface area contributed by atoms with Crippen molar-refractivity contribution in [1.82, 2.24) is 5.32 Å². The fraction of sp³-hybridized carbons (Fsp3) is 0.556. The highest BCUT2D eigenvalue weighted by molar-refractivity contribution is 7.17. The van der Waals surface area contributed by atoms with Crippen LogP contribution in [0.15, 0.2) is 35.7 Å². The highest BCUT2D eigenvalue weighted by Crippen LogP contribution is 2.61. The minimum Gasteiger partial charge on any atom is -0.497 e. The number of benzene rings is 1. The van der Waals surface area contributed by atoms with E-state index in [4.69, 9.17) is 9.47 Å². The SMILES string of the molecule is COC(=O)CCC/C=C\C[C@H]1C[C@@H]2C[C@H]([C@@H]1NC(=O)c1csc3ccc(OC)cc13)C2(C)C. The van der Waals surface area contributed by atoms with Gasteiger partial charge in [0.25, 0.3) is 5.91 Å². The summed E-state index contributed by atoms with van der Waals surface area (Å²) in [5.41, 5.74) is 1.02. The molecule has 178 valence electrons. The van der Waals surface area contributed by atoms with Crippen LogP contribution in [0.3, 0.4) is 0 Å². The second-order valence-corrected chi connectivity index (χ2v) is 11.0. The lowest BCUT2D eigenvalue weighted by atomic mass is 9.44. The summed E-state index contributed by atoms with van der Waals surface area (Å²) >= 11 is 1.60. The topological polar surface area (TPSA) is 64.6 Å². The molecule has 3 aliphatic carbocycles. The van der Waals surface area contributed by atoms with Crippen molar-refractivity contribution in [2.24, 2.45) is 23.2 Å². The first-order chi connectivity index (χ1) is 15.8. The van der Waals surface area contributed by atoms with Crippen LogP contribution in [0.25, 0.3) is 10.1 Å². The summed E-state index contributed by atoms with van der Waals surface area (Å²) in [6, 6.07) is 6.09. The molecule has 1 heterocycles. The van der Waals surface area contributed by atoms with Gasteiger partial charge in [-0.25, -0.2) is 0 Å². The number of amides is 1. The van der Waals surface area contributed by atoms with Crippen LogP contribution in [0.1, 0.15) is 62.7 Å². The molecule has 0 aliphatic heterocycles. The Labute approximate surface area is 200 Å². The second-order valence-electron chi connectivity index (χ2n) is 10.0. The number of unbranched alkanes of at least 4 members (excludes halogenated alkanes) is 1. The maximum atomic E-state index is 13.4. The van der Waals surface area contributed by atoms with Gasteiger partial charge in [-0.15, -0.1) is 11.3 Å². The molecule has 2 bridgehead atoms. The summed E-state index contributed by atoms with van der Waals surface area (Å²) in [4.78, 5) is 24.7. The van der Waals surface area contributed by atoms with E-state index in [2.05, 4.69) is 31.3 Å². The molecule has 2 aromatic rings. The van der Waals surface area contributed by atoms with Gasteiger partial charge in [0, 0.05) is 27.9 Å². The molecule has 1 amide bonds. The molecule has 33 heavy (non-hydrogen) atoms. The molecule has 0 radical (unpaired) electrons. The van der Waals surface area contributed by atoms with Crippen molar-refractivity contribution in [1.29, 1.82) is 0 Å². The Bertz CT molecular complexity index is 1040. The van der Waals surface area contributed by atoms with Crippen molar-refractivity contribution < 1.29 is 19.1 Å². The number of rotatable bonds is 9. The number of hydrogen-bond donors (Lipinski definition) is 1. The molecule has 3 aliphatic rings. The van der Waals surface area contributed by atoms with Gasteiger partial charge in [0.05, 0.1) is 19.8 Å². The van der Waals surface area contributed by atoms with Gasteiger partial charge in [0.1, 0.15) is 5.75 Å². The Balaban J connectivity index is 1.44. The lowest BCUT2D eigenvalue weighted by molar-refractivity contribution is -0.140. The summed E-state index contributed by atoms with van der Waals surface area (Å²) < 4.78 is 11.2. The molecule has 3 fully saturated rings. The first-order valence-corrected chi connectivity index (χ1v) is 12.8. The van der Waals surface area contributed by atoms with E-state index in [9.17, 15) is 9.59 Å². The van der Waals surface area contributed by atoms with E-state index in [1.807, 2.05) is 23.6 Å². The number of allylic oxidation sites excluding steroid dienone is 2. The fourth-order valence-electron chi connectivity index (χ4n) is 5.76. The fourth-order valence-corrected chi connectivity index (χ4v) is 6.68. The minimum absolute atomic E-state index is 0.0210. The molecule has 1 aromatic carbocycles. The Morgan fingerprint density at radius 3 is 2.76 bits per heavy atom. The Kier molecular flexibility index (Phi) is 7.13. The normalized spacial score (nSPS) is 25.6. The predicted molar refractivity (Wildman–Crippen MR) is 133 cm³/mol. The van der Waals surface area contributed by atoms with Gasteiger partial charge in [0.15, 0.2) is 0 Å². The van der Waals surface area contributed by atoms with Crippen molar-refractivity contribution >= 4 is 33.3 Å². The van der Waals surface area contributed by atoms with Gasteiger partial charge >= 0.3 is 5.97 Å². The molecule has 3 saturated carbocycles. The molecule has 1 N–H and O–H groups in total. The van der Waals surface area contributed by atoms with Crippen LogP contribution < -0.4 is 10.1 Å². The lowest BCUT2D eigenvalue weighted by Crippen LogP contribution is -2.63. The van der Waals surface area contributed by atoms with Crippen molar-refractivity contribution in [2.45, 2.75) is 58.4 Å². The predicted octanol–water partition coefficient (Wildman–Crippen LogP) is 5.98. The third-order valence-corrected chi connectivity index (χ3v) is 8.95. The summed E-state index contributed by atoms with van der Waals surface area (Å²) in [5.74, 6) is 2.33. The number of ether oxygens (including phenoxy) is 2. The highest BCUT2D eigenvalue weighted by Gasteiger charge is 2.57. The number of thiophene rings is 1. The number of fused-ring (bicyclic) bond motifs is 3. The smallest absolute Gasteiger partial charge is 0.305 e. The molecule has 4 atom stereocenters. The first kappa shape index (κ1) is 23.8. The van der Waals surface area contributed by atoms with Gasteiger partial charge in [-0.2, -0.15) is 0 Å². The van der Waals surface area contributed by atoms with E-state index in [0.29, 0.717) is 18.3 Å². The van der Waals surface area contributed by atoms with Gasteiger partial charge in [-0.05, 0) is 73.5 Å². The van der Waals surface area contributed by atoms with E-state index in [1.165, 1.54) is 13.5 Å². The molecular weight excluding hydrogens is 434 g/mol. The minimum atomic E-state index is -0.153. The third kappa shape index (κ3) is 4.81. The van der Waals surface area contributed by atoms with Gasteiger partial charge in [-0.3, -0.25) is 9.59 Å². The number of carbonyl (C=O) groups excluding carboxylic acids is 2. The van der Waals surface area contributed by atoms with Crippen molar-refractivity contribution in [3.8, 4) is 5.75 Å². The van der Waals surface area contributed by atoms with E-state index < -0.39 is 0 Å². The summed E-state index contributed by atoms with van der Waals surface area (Å²) in [6.45, 7) is 4.71. The van der Waals surface area contributed by atoms with Crippen LogP contribution in [0, 0.1) is 23.2 Å². The molecule has 0 spiro atoms. The zero-order valence-electron chi connectivity index (χ0n) is 20.1. The van der Waals surface area contributed by atoms with Crippen molar-refractivity contribution in [2.75, 3.05) is 14.2 Å². The van der Waals surface area contributed by atoms with Crippen LogP contribution in [0.2, 0.25) is 0 Å². The zero-order chi connectivity index (χ0) is 23.6. The molecule has 1 aromatic heterocycles. The molecular formula is C27H35NO4S. The maximum absolute atomic E-state index is 13.4. The van der Waals surface area contributed by atoms with E-state index >= 15 is 0 Å². The average molecular weight is 470 g/mol.